The lowest BCUT2D eigenvalue weighted by Gasteiger charge is -2.08. The van der Waals surface area contributed by atoms with Gasteiger partial charge in [0, 0.05) is 18.9 Å². The van der Waals surface area contributed by atoms with Gasteiger partial charge in [0.15, 0.2) is 17.0 Å². The number of fused-ring (bicyclic) bond motifs is 2. The average Bonchev–Trinajstić information content (AvgIpc) is 3.24. The van der Waals surface area contributed by atoms with Gasteiger partial charge >= 0.3 is 0 Å². The minimum atomic E-state index is -0.492. The van der Waals surface area contributed by atoms with Crippen molar-refractivity contribution in [2.45, 2.75) is 18.1 Å². The van der Waals surface area contributed by atoms with Gasteiger partial charge in [0.2, 0.25) is 5.89 Å². The predicted octanol–water partition coefficient (Wildman–Crippen LogP) is 0.887. The fraction of sp³-hybridized carbons (Fsp3) is 0.286. The van der Waals surface area contributed by atoms with Gasteiger partial charge in [-0.2, -0.15) is 4.98 Å². The predicted molar refractivity (Wildman–Crippen MR) is 104 cm³/mol. The summed E-state index contributed by atoms with van der Waals surface area (Å²) in [5, 5.41) is 15.0. The van der Waals surface area contributed by atoms with E-state index in [2.05, 4.69) is 20.1 Å². The standard InChI is InChI=1S/C21H16N6O3/c1-26-8-22-18-16(26)19(29)27(9-23-18)7-11-24-20(25-30-11)21-13-12(10-5-3-2-4-6-10)17(28)15(21)14(13)21/h2-6,8-9,14-15,17,28H,7H2,1H3/t14-,15-,17+,21-/m0/s1. The van der Waals surface area contributed by atoms with E-state index in [0.29, 0.717) is 28.8 Å². The molecular weight excluding hydrogens is 384 g/mol. The van der Waals surface area contributed by atoms with Crippen LogP contribution >= 0.6 is 0 Å². The van der Waals surface area contributed by atoms with E-state index in [-0.39, 0.29) is 23.4 Å². The van der Waals surface area contributed by atoms with Crippen LogP contribution in [0.15, 0.2) is 57.9 Å². The van der Waals surface area contributed by atoms with Gasteiger partial charge in [-0.25, -0.2) is 9.97 Å². The first kappa shape index (κ1) is 16.2. The number of aromatic nitrogens is 6. The Bertz CT molecular complexity index is 1450. The van der Waals surface area contributed by atoms with Crippen molar-refractivity contribution < 1.29 is 9.63 Å². The number of rotatable bonds is 4. The number of benzene rings is 1. The number of hydrogen-bond donors (Lipinski definition) is 1. The number of aliphatic hydroxyl groups excluding tert-OH is 1. The van der Waals surface area contributed by atoms with E-state index in [1.165, 1.54) is 16.5 Å². The molecule has 8 rings (SSSR count). The van der Waals surface area contributed by atoms with E-state index in [1.54, 1.807) is 17.9 Å². The molecule has 0 unspecified atom stereocenters. The van der Waals surface area contributed by atoms with Crippen molar-refractivity contribution in [3.8, 4) is 0 Å². The quantitative estimate of drug-likeness (QED) is 0.541. The van der Waals surface area contributed by atoms with Gasteiger partial charge in [0.05, 0.1) is 17.8 Å². The maximum Gasteiger partial charge on any atom is 0.280 e. The normalized spacial score (nSPS) is 28.3. The lowest BCUT2D eigenvalue weighted by molar-refractivity contribution is 0.203. The summed E-state index contributed by atoms with van der Waals surface area (Å²) in [5.41, 5.74) is 3.65. The Morgan fingerprint density at radius 2 is 2.00 bits per heavy atom. The third-order valence-corrected chi connectivity index (χ3v) is 6.79. The van der Waals surface area contributed by atoms with Crippen LogP contribution in [0.1, 0.15) is 17.3 Å². The van der Waals surface area contributed by atoms with Crippen molar-refractivity contribution in [2.24, 2.45) is 18.9 Å². The summed E-state index contributed by atoms with van der Waals surface area (Å²) in [6.45, 7) is 0.137. The van der Waals surface area contributed by atoms with Gasteiger partial charge in [-0.05, 0) is 16.7 Å². The number of aryl methyl sites for hydroxylation is 1. The second-order valence-corrected chi connectivity index (χ2v) is 8.23. The lowest BCUT2D eigenvalue weighted by atomic mass is 10.0. The van der Waals surface area contributed by atoms with Crippen molar-refractivity contribution in [2.75, 3.05) is 0 Å². The molecule has 148 valence electrons. The molecular formula is C21H16N6O3. The van der Waals surface area contributed by atoms with Crippen LogP contribution in [0.5, 0.6) is 0 Å². The number of nitrogens with zero attached hydrogens (tertiary/aromatic N) is 6. The smallest absolute Gasteiger partial charge is 0.280 e. The molecule has 30 heavy (non-hydrogen) atoms. The van der Waals surface area contributed by atoms with E-state index < -0.39 is 6.10 Å². The summed E-state index contributed by atoms with van der Waals surface area (Å²) in [5.74, 6) is 1.39. The Hall–Kier alpha value is -3.59. The largest absolute Gasteiger partial charge is 0.388 e. The third-order valence-electron chi connectivity index (χ3n) is 6.79. The number of aliphatic hydroxyl groups is 1. The average molecular weight is 400 g/mol. The van der Waals surface area contributed by atoms with Crippen LogP contribution in [0.4, 0.5) is 0 Å². The molecule has 4 atom stereocenters. The second-order valence-electron chi connectivity index (χ2n) is 8.23. The number of hydrogen-bond acceptors (Lipinski definition) is 7. The van der Waals surface area contributed by atoms with Crippen LogP contribution in [-0.2, 0) is 19.0 Å². The van der Waals surface area contributed by atoms with Crippen LogP contribution in [0.3, 0.4) is 0 Å². The highest BCUT2D eigenvalue weighted by Gasteiger charge is 2.92. The van der Waals surface area contributed by atoms with Crippen LogP contribution in [0, 0.1) is 11.8 Å². The maximum atomic E-state index is 12.7. The molecule has 3 aromatic heterocycles. The SMILES string of the molecule is Cn1cnc2ncn(Cc3nc([C@]45C6=C(c7ccccc7)[C@@H](O)[C@@H]4[C@H]65)no3)c(=O)c21. The molecule has 1 N–H and O–H groups in total. The van der Waals surface area contributed by atoms with Gasteiger partial charge < -0.3 is 14.2 Å². The number of imidazole rings is 1. The molecule has 0 spiro atoms. The molecule has 0 radical (unpaired) electrons. The lowest BCUT2D eigenvalue weighted by Crippen LogP contribution is -2.22. The number of allylic oxidation sites excluding steroid dienone is 1. The molecule has 2 fully saturated rings. The van der Waals surface area contributed by atoms with E-state index >= 15 is 0 Å². The van der Waals surface area contributed by atoms with E-state index in [4.69, 9.17) is 4.52 Å². The van der Waals surface area contributed by atoms with Crippen molar-refractivity contribution in [3.63, 3.8) is 0 Å². The second kappa shape index (κ2) is 5.11. The zero-order valence-corrected chi connectivity index (χ0v) is 15.9. The van der Waals surface area contributed by atoms with Crippen LogP contribution in [0.2, 0.25) is 0 Å². The summed E-state index contributed by atoms with van der Waals surface area (Å²) in [4.78, 5) is 25.6. The zero-order chi connectivity index (χ0) is 20.2. The molecule has 0 aliphatic heterocycles. The molecule has 0 amide bonds. The molecule has 2 bridgehead atoms. The molecule has 9 heteroatoms. The van der Waals surface area contributed by atoms with Crippen molar-refractivity contribution >= 4 is 16.7 Å². The molecule has 9 nitrogen and oxygen atoms in total. The van der Waals surface area contributed by atoms with Crippen LogP contribution in [-0.4, -0.2) is 40.5 Å². The molecule has 3 heterocycles. The first-order valence-corrected chi connectivity index (χ1v) is 9.80. The Labute approximate surface area is 169 Å². The summed E-state index contributed by atoms with van der Waals surface area (Å²) in [6.07, 6.45) is 2.51. The van der Waals surface area contributed by atoms with Crippen molar-refractivity contribution in [1.82, 2.24) is 29.2 Å². The molecule has 4 aromatic rings. The molecule has 0 saturated heterocycles. The van der Waals surface area contributed by atoms with Gasteiger partial charge in [-0.15, -0.1) is 0 Å². The minimum Gasteiger partial charge on any atom is -0.388 e. The highest BCUT2D eigenvalue weighted by atomic mass is 16.5. The Balaban J connectivity index is 1.23. The zero-order valence-electron chi connectivity index (χ0n) is 15.9. The molecule has 1 aromatic carbocycles. The summed E-state index contributed by atoms with van der Waals surface area (Å²) >= 11 is 0. The van der Waals surface area contributed by atoms with E-state index in [0.717, 1.165) is 11.1 Å². The molecule has 4 aliphatic rings. The first-order chi connectivity index (χ1) is 14.6. The van der Waals surface area contributed by atoms with Gasteiger partial charge in [-0.3, -0.25) is 9.36 Å². The van der Waals surface area contributed by atoms with E-state index in [9.17, 15) is 9.90 Å². The summed E-state index contributed by atoms with van der Waals surface area (Å²) < 4.78 is 8.55. The topological polar surface area (TPSA) is 112 Å². The highest BCUT2D eigenvalue weighted by molar-refractivity contribution is 5.92. The van der Waals surface area contributed by atoms with Gasteiger partial charge in [0.25, 0.3) is 5.56 Å². The maximum absolute atomic E-state index is 12.7. The fourth-order valence-electron chi connectivity index (χ4n) is 5.38. The molecule has 2 saturated carbocycles. The monoisotopic (exact) mass is 400 g/mol. The Morgan fingerprint density at radius 1 is 1.20 bits per heavy atom. The van der Waals surface area contributed by atoms with Crippen molar-refractivity contribution in [3.05, 3.63) is 76.2 Å². The van der Waals surface area contributed by atoms with Gasteiger partial charge in [-0.1, -0.05) is 35.5 Å². The van der Waals surface area contributed by atoms with Crippen molar-refractivity contribution in [1.29, 1.82) is 0 Å². The summed E-state index contributed by atoms with van der Waals surface area (Å²) in [6, 6.07) is 9.97. The molecule has 4 aliphatic carbocycles. The van der Waals surface area contributed by atoms with E-state index in [1.807, 2.05) is 30.3 Å². The van der Waals surface area contributed by atoms with Crippen LogP contribution in [0.25, 0.3) is 16.7 Å². The van der Waals surface area contributed by atoms with Gasteiger partial charge in [0.1, 0.15) is 12.9 Å². The summed E-state index contributed by atoms with van der Waals surface area (Å²) in [7, 11) is 1.76. The Kier molecular flexibility index (Phi) is 2.77. The van der Waals surface area contributed by atoms with Crippen LogP contribution < -0.4 is 5.56 Å². The third kappa shape index (κ3) is 1.75. The first-order valence-electron chi connectivity index (χ1n) is 9.80. The minimum absolute atomic E-state index is 0.128. The fourth-order valence-corrected chi connectivity index (χ4v) is 5.38. The Morgan fingerprint density at radius 3 is 2.80 bits per heavy atom. The highest BCUT2D eigenvalue weighted by Crippen LogP contribution is 2.90.